The van der Waals surface area contributed by atoms with E-state index in [0.29, 0.717) is 5.56 Å². The monoisotopic (exact) mass is 338 g/mol. The fraction of sp³-hybridized carbons (Fsp3) is 0.500. The van der Waals surface area contributed by atoms with Crippen LogP contribution in [0.2, 0.25) is 0 Å². The second-order valence-corrected chi connectivity index (χ2v) is 5.73. The Hall–Kier alpha value is -2.00. The number of carbonyl (C=O) groups excluding carboxylic acids is 2. The van der Waals surface area contributed by atoms with Crippen LogP contribution in [0.4, 0.5) is 0 Å². The van der Waals surface area contributed by atoms with Gasteiger partial charge < -0.3 is 29.2 Å². The number of hydrogen-bond donors (Lipinski definition) is 2. The number of ether oxygens (including phenoxy) is 4. The lowest BCUT2D eigenvalue weighted by atomic mass is 10.1. The summed E-state index contributed by atoms with van der Waals surface area (Å²) in [5, 5.41) is 20.3. The van der Waals surface area contributed by atoms with Crippen molar-refractivity contribution < 1.29 is 38.7 Å². The number of methoxy groups -OCH3 is 1. The Balaban J connectivity index is 1.56. The SMILES string of the molecule is COC(=O)[C@]1(O)C[C@H]2O[C@H](COC(=O)c3ccccc3)[C@@H](O)[C@H]2O1. The molecule has 0 bridgehead atoms. The average Bonchev–Trinajstić information content (AvgIpc) is 3.08. The smallest absolute Gasteiger partial charge is 0.366 e. The quantitative estimate of drug-likeness (QED) is 0.715. The summed E-state index contributed by atoms with van der Waals surface area (Å²) in [5.41, 5.74) is 0.390. The predicted molar refractivity (Wildman–Crippen MR) is 77.8 cm³/mol. The van der Waals surface area contributed by atoms with Crippen molar-refractivity contribution in [3.05, 3.63) is 35.9 Å². The third-order valence-corrected chi connectivity index (χ3v) is 4.13. The number of carbonyl (C=O) groups is 2. The summed E-state index contributed by atoms with van der Waals surface area (Å²) in [5.74, 6) is -3.60. The van der Waals surface area contributed by atoms with E-state index in [4.69, 9.17) is 14.2 Å². The second kappa shape index (κ2) is 6.48. The van der Waals surface area contributed by atoms with Gasteiger partial charge in [0.2, 0.25) is 0 Å². The van der Waals surface area contributed by atoms with Crippen LogP contribution < -0.4 is 0 Å². The first-order valence-electron chi connectivity index (χ1n) is 7.49. The van der Waals surface area contributed by atoms with Gasteiger partial charge in [0, 0.05) is 6.42 Å². The Labute approximate surface area is 137 Å². The predicted octanol–water partition coefficient (Wildman–Crippen LogP) is -0.378. The fourth-order valence-electron chi connectivity index (χ4n) is 2.91. The molecule has 2 aliphatic heterocycles. The standard InChI is InChI=1S/C16H18O8/c1-21-15(19)16(20)7-10-13(24-16)12(17)11(23-10)8-22-14(18)9-5-3-2-4-6-9/h2-6,10-13,17,20H,7-8H2,1H3/t10-,11-,12-,13+,16+/m1/s1. The molecule has 8 heteroatoms. The molecule has 3 rings (SSSR count). The van der Waals surface area contributed by atoms with Crippen LogP contribution >= 0.6 is 0 Å². The Morgan fingerprint density at radius 3 is 2.67 bits per heavy atom. The normalized spacial score (nSPS) is 34.6. The molecule has 0 radical (unpaired) electrons. The maximum absolute atomic E-state index is 11.9. The number of esters is 2. The summed E-state index contributed by atoms with van der Waals surface area (Å²) in [4.78, 5) is 23.4. The molecule has 8 nitrogen and oxygen atoms in total. The van der Waals surface area contributed by atoms with Crippen molar-refractivity contribution in [3.63, 3.8) is 0 Å². The highest BCUT2D eigenvalue weighted by atomic mass is 16.7. The summed E-state index contributed by atoms with van der Waals surface area (Å²) in [6, 6.07) is 8.43. The first-order chi connectivity index (χ1) is 11.4. The lowest BCUT2D eigenvalue weighted by molar-refractivity contribution is -0.228. The highest BCUT2D eigenvalue weighted by Crippen LogP contribution is 2.39. The third-order valence-electron chi connectivity index (χ3n) is 4.13. The van der Waals surface area contributed by atoms with E-state index in [1.54, 1.807) is 30.3 Å². The first kappa shape index (κ1) is 16.8. The maximum Gasteiger partial charge on any atom is 0.366 e. The number of aliphatic hydroxyl groups excluding tert-OH is 1. The van der Waals surface area contributed by atoms with E-state index in [1.807, 2.05) is 0 Å². The molecular formula is C16H18O8. The number of aliphatic hydroxyl groups is 2. The highest BCUT2D eigenvalue weighted by molar-refractivity contribution is 5.89. The van der Waals surface area contributed by atoms with E-state index in [-0.39, 0.29) is 13.0 Å². The van der Waals surface area contributed by atoms with Crippen LogP contribution in [0.5, 0.6) is 0 Å². The van der Waals surface area contributed by atoms with Gasteiger partial charge in [0.1, 0.15) is 24.9 Å². The van der Waals surface area contributed by atoms with Crippen LogP contribution in [-0.2, 0) is 23.7 Å². The molecule has 5 atom stereocenters. The third kappa shape index (κ3) is 3.01. The van der Waals surface area contributed by atoms with Crippen LogP contribution in [0.1, 0.15) is 16.8 Å². The first-order valence-corrected chi connectivity index (χ1v) is 7.49. The number of hydrogen-bond acceptors (Lipinski definition) is 8. The van der Waals surface area contributed by atoms with Gasteiger partial charge in [0.15, 0.2) is 0 Å². The van der Waals surface area contributed by atoms with Crippen LogP contribution in [0.25, 0.3) is 0 Å². The van der Waals surface area contributed by atoms with Crippen LogP contribution in [0, 0.1) is 0 Å². The highest BCUT2D eigenvalue weighted by Gasteiger charge is 2.59. The van der Waals surface area contributed by atoms with E-state index in [0.717, 1.165) is 7.11 Å². The van der Waals surface area contributed by atoms with Gasteiger partial charge in [-0.1, -0.05) is 18.2 Å². The summed E-state index contributed by atoms with van der Waals surface area (Å²) in [6.07, 6.45) is -3.68. The van der Waals surface area contributed by atoms with Gasteiger partial charge in [-0.25, -0.2) is 9.59 Å². The fourth-order valence-corrected chi connectivity index (χ4v) is 2.91. The van der Waals surface area contributed by atoms with E-state index in [1.165, 1.54) is 0 Å². The zero-order valence-electron chi connectivity index (χ0n) is 13.0. The Kier molecular flexibility index (Phi) is 4.55. The van der Waals surface area contributed by atoms with E-state index in [2.05, 4.69) is 4.74 Å². The molecule has 1 aromatic carbocycles. The van der Waals surface area contributed by atoms with Gasteiger partial charge in [-0.15, -0.1) is 0 Å². The van der Waals surface area contributed by atoms with Gasteiger partial charge in [-0.05, 0) is 12.1 Å². The summed E-state index contributed by atoms with van der Waals surface area (Å²) in [7, 11) is 1.13. The number of benzene rings is 1. The Morgan fingerprint density at radius 1 is 1.33 bits per heavy atom. The van der Waals surface area contributed by atoms with Crippen molar-refractivity contribution in [1.82, 2.24) is 0 Å². The molecular weight excluding hydrogens is 320 g/mol. The van der Waals surface area contributed by atoms with Crippen molar-refractivity contribution in [3.8, 4) is 0 Å². The molecule has 2 N–H and O–H groups in total. The van der Waals surface area contributed by atoms with Gasteiger partial charge in [-0.3, -0.25) is 0 Å². The summed E-state index contributed by atoms with van der Waals surface area (Å²) in [6.45, 7) is -0.165. The number of fused-ring (bicyclic) bond motifs is 1. The maximum atomic E-state index is 11.9. The van der Waals surface area contributed by atoms with Crippen molar-refractivity contribution in [2.24, 2.45) is 0 Å². The molecule has 0 unspecified atom stereocenters. The molecule has 2 aliphatic rings. The lowest BCUT2D eigenvalue weighted by Crippen LogP contribution is -2.43. The van der Waals surface area contributed by atoms with Crippen molar-refractivity contribution in [2.75, 3.05) is 13.7 Å². The largest absolute Gasteiger partial charge is 0.465 e. The topological polar surface area (TPSA) is 112 Å². The Bertz CT molecular complexity index is 618. The molecule has 1 aromatic rings. The molecule has 0 aliphatic carbocycles. The molecule has 0 saturated carbocycles. The van der Waals surface area contributed by atoms with Crippen LogP contribution in [0.15, 0.2) is 30.3 Å². The minimum absolute atomic E-state index is 0.162. The summed E-state index contributed by atoms with van der Waals surface area (Å²) >= 11 is 0. The van der Waals surface area contributed by atoms with Crippen LogP contribution in [0.3, 0.4) is 0 Å². The van der Waals surface area contributed by atoms with Gasteiger partial charge >= 0.3 is 11.9 Å². The van der Waals surface area contributed by atoms with E-state index >= 15 is 0 Å². The molecule has 24 heavy (non-hydrogen) atoms. The number of rotatable bonds is 4. The zero-order valence-corrected chi connectivity index (χ0v) is 13.0. The molecule has 2 saturated heterocycles. The van der Waals surface area contributed by atoms with E-state index < -0.39 is 42.1 Å². The molecule has 130 valence electrons. The summed E-state index contributed by atoms with van der Waals surface area (Å²) < 4.78 is 20.4. The zero-order chi connectivity index (χ0) is 17.3. The van der Waals surface area contributed by atoms with Gasteiger partial charge in [-0.2, -0.15) is 0 Å². The molecule has 0 aromatic heterocycles. The van der Waals surface area contributed by atoms with Gasteiger partial charge in [0.25, 0.3) is 5.79 Å². The molecule has 2 fully saturated rings. The molecule has 2 heterocycles. The Morgan fingerprint density at radius 2 is 2.04 bits per heavy atom. The molecule has 0 spiro atoms. The van der Waals surface area contributed by atoms with E-state index in [9.17, 15) is 19.8 Å². The minimum Gasteiger partial charge on any atom is -0.465 e. The van der Waals surface area contributed by atoms with Crippen molar-refractivity contribution >= 4 is 11.9 Å². The van der Waals surface area contributed by atoms with Gasteiger partial charge in [0.05, 0.1) is 18.8 Å². The average molecular weight is 338 g/mol. The van der Waals surface area contributed by atoms with Crippen molar-refractivity contribution in [2.45, 2.75) is 36.6 Å². The minimum atomic E-state index is -2.13. The van der Waals surface area contributed by atoms with Crippen LogP contribution in [-0.4, -0.2) is 66.1 Å². The lowest BCUT2D eigenvalue weighted by Gasteiger charge is -2.23. The van der Waals surface area contributed by atoms with Crippen molar-refractivity contribution in [1.29, 1.82) is 0 Å². The second-order valence-electron chi connectivity index (χ2n) is 5.73. The molecule has 0 amide bonds.